The highest BCUT2D eigenvalue weighted by Gasteiger charge is 2.62. The van der Waals surface area contributed by atoms with Crippen molar-refractivity contribution in [2.45, 2.75) is 36.6 Å². The summed E-state index contributed by atoms with van der Waals surface area (Å²) in [6.45, 7) is 0. The summed E-state index contributed by atoms with van der Waals surface area (Å²) in [7, 11) is -36.1. The molecule has 0 spiro atoms. The van der Waals surface area contributed by atoms with Crippen LogP contribution in [0.4, 0.5) is 0 Å². The highest BCUT2D eigenvalue weighted by Crippen LogP contribution is 2.57. The normalized spacial score (nSPS) is 29.3. The molecule has 0 atom stereocenters. The maximum absolute atomic E-state index is 11.4. The Morgan fingerprint density at radius 3 is 0.417 bits per heavy atom. The molecule has 24 nitrogen and oxygen atoms in total. The van der Waals surface area contributed by atoms with Crippen LogP contribution in [-0.2, 0) is 54.5 Å². The molecule has 0 aliphatic heterocycles. The van der Waals surface area contributed by atoms with Gasteiger partial charge in [0.1, 0.15) is 36.6 Å². The van der Waals surface area contributed by atoms with E-state index in [1.165, 1.54) is 0 Å². The zero-order valence-corrected chi connectivity index (χ0v) is 21.8. The largest absolute Gasteiger partial charge is 0.470 e. The molecule has 0 unspecified atom stereocenters. The molecule has 0 heterocycles. The molecule has 12 N–H and O–H groups in total. The van der Waals surface area contributed by atoms with Crippen LogP contribution in [0.5, 0.6) is 0 Å². The van der Waals surface area contributed by atoms with Gasteiger partial charge in [0, 0.05) is 0 Å². The molecule has 1 aliphatic carbocycles. The second kappa shape index (κ2) is 11.6. The summed E-state index contributed by atoms with van der Waals surface area (Å²) >= 11 is 0. The minimum Gasteiger partial charge on any atom is -0.303 e. The van der Waals surface area contributed by atoms with Crippen molar-refractivity contribution in [1.82, 2.24) is 0 Å². The summed E-state index contributed by atoms with van der Waals surface area (Å²) in [5.41, 5.74) is 0. The smallest absolute Gasteiger partial charge is 0.303 e. The molecule has 1 aliphatic rings. The Morgan fingerprint density at radius 2 is 0.361 bits per heavy atom. The predicted molar refractivity (Wildman–Crippen MR) is 102 cm³/mol. The molecule has 0 bridgehead atoms. The lowest BCUT2D eigenvalue weighted by molar-refractivity contribution is -0.202. The van der Waals surface area contributed by atoms with E-state index in [4.69, 9.17) is 58.7 Å². The van der Waals surface area contributed by atoms with Crippen molar-refractivity contribution in [2.24, 2.45) is 0 Å². The lowest BCUT2D eigenvalue weighted by Crippen LogP contribution is -2.66. The summed E-state index contributed by atoms with van der Waals surface area (Å²) in [6.07, 6.45) is -18.9. The van der Waals surface area contributed by atoms with Crippen LogP contribution in [0.25, 0.3) is 0 Å². The molecule has 1 saturated carbocycles. The van der Waals surface area contributed by atoms with Gasteiger partial charge in [0.2, 0.25) is 0 Å². The van der Waals surface area contributed by atoms with Gasteiger partial charge in [-0.05, 0) is 0 Å². The molecule has 36 heavy (non-hydrogen) atoms. The molecule has 0 amide bonds. The van der Waals surface area contributed by atoms with Gasteiger partial charge in [0.25, 0.3) is 0 Å². The van der Waals surface area contributed by atoms with Crippen molar-refractivity contribution in [3.05, 3.63) is 0 Å². The number of hydrogen-bond donors (Lipinski definition) is 12. The van der Waals surface area contributed by atoms with E-state index in [9.17, 15) is 27.4 Å². The third-order valence-electron chi connectivity index (χ3n) is 3.50. The molecule has 0 aromatic carbocycles. The third kappa shape index (κ3) is 13.1. The Kier molecular flexibility index (Phi) is 11.2. The van der Waals surface area contributed by atoms with Crippen molar-refractivity contribution in [3.8, 4) is 0 Å². The summed E-state index contributed by atoms with van der Waals surface area (Å²) in [5, 5.41) is 0. The minimum atomic E-state index is -6.02. The van der Waals surface area contributed by atoms with Crippen LogP contribution in [0.2, 0.25) is 0 Å². The van der Waals surface area contributed by atoms with Gasteiger partial charge in [0.15, 0.2) is 0 Å². The number of phosphoric ester groups is 6. The molecule has 0 saturated heterocycles. The Labute approximate surface area is 197 Å². The predicted octanol–water partition coefficient (Wildman–Crippen LogP) is -3.13. The van der Waals surface area contributed by atoms with Crippen molar-refractivity contribution < 1.29 is 113 Å². The Hall–Kier alpha value is 0.660. The number of phosphoric acid groups is 6. The van der Waals surface area contributed by atoms with Crippen LogP contribution in [-0.4, -0.2) is 95.3 Å². The Bertz CT molecular complexity index is 818. The lowest BCUT2D eigenvalue weighted by Gasteiger charge is -2.48. The Morgan fingerprint density at radius 1 is 0.278 bits per heavy atom. The second-order valence-corrected chi connectivity index (χ2v) is 13.5. The molecule has 0 aromatic heterocycles. The van der Waals surface area contributed by atoms with Crippen LogP contribution in [0, 0.1) is 0 Å². The van der Waals surface area contributed by atoms with Gasteiger partial charge in [-0.15, -0.1) is 0 Å². The molecular formula is C6H18O24P6. The highest BCUT2D eigenvalue weighted by molar-refractivity contribution is 7.47. The van der Waals surface area contributed by atoms with Crippen LogP contribution < -0.4 is 0 Å². The maximum Gasteiger partial charge on any atom is 0.470 e. The third-order valence-corrected chi connectivity index (χ3v) is 6.61. The minimum absolute atomic E-state index is 3.14. The van der Waals surface area contributed by atoms with Gasteiger partial charge in [0.05, 0.1) is 0 Å². The van der Waals surface area contributed by atoms with Gasteiger partial charge < -0.3 is 58.7 Å². The van der Waals surface area contributed by atoms with Crippen LogP contribution in [0.15, 0.2) is 0 Å². The van der Waals surface area contributed by atoms with Gasteiger partial charge >= 0.3 is 46.9 Å². The maximum atomic E-state index is 11.4. The first kappa shape index (κ1) is 34.7. The van der Waals surface area contributed by atoms with E-state index in [1.54, 1.807) is 0 Å². The fraction of sp³-hybridized carbons (Fsp3) is 1.00. The van der Waals surface area contributed by atoms with Crippen LogP contribution >= 0.6 is 46.9 Å². The van der Waals surface area contributed by atoms with Crippen molar-refractivity contribution in [3.63, 3.8) is 0 Å². The molecule has 0 aromatic rings. The highest BCUT2D eigenvalue weighted by atomic mass is 31.2. The topological polar surface area (TPSA) is 401 Å². The van der Waals surface area contributed by atoms with Gasteiger partial charge in [-0.2, -0.15) is 0 Å². The fourth-order valence-corrected chi connectivity index (χ4v) is 6.14. The summed E-state index contributed by atoms with van der Waals surface area (Å²) in [6, 6.07) is 0. The van der Waals surface area contributed by atoms with E-state index < -0.39 is 83.6 Å². The molecule has 1 rings (SSSR count). The zero-order chi connectivity index (χ0) is 28.7. The average molecular weight is 660 g/mol. The van der Waals surface area contributed by atoms with Crippen molar-refractivity contribution in [2.75, 3.05) is 0 Å². The van der Waals surface area contributed by atoms with Crippen LogP contribution in [0.3, 0.4) is 0 Å². The second-order valence-electron chi connectivity index (χ2n) is 6.36. The number of rotatable bonds is 12. The van der Waals surface area contributed by atoms with Crippen LogP contribution in [0.1, 0.15) is 0 Å². The Balaban J connectivity index is 4.04. The SMILES string of the molecule is O=P(O)(O)O[C@H]1[C@H](OP(=O)(O)O)[C@H](OP(=O)(O)O)[C@H](OP(=O)(O)O)[C@@H](OP(=O)(O)O)[C@H]1OP(=O)(O)O. The van der Waals surface area contributed by atoms with E-state index in [2.05, 4.69) is 27.1 Å². The van der Waals surface area contributed by atoms with Gasteiger partial charge in [-0.1, -0.05) is 0 Å². The lowest BCUT2D eigenvalue weighted by atomic mass is 9.85. The number of hydrogen-bond acceptors (Lipinski definition) is 12. The van der Waals surface area contributed by atoms with Gasteiger partial charge in [-0.25, -0.2) is 27.4 Å². The molecule has 0 radical (unpaired) electrons. The monoisotopic (exact) mass is 660 g/mol. The van der Waals surface area contributed by atoms with E-state index in [-0.39, 0.29) is 0 Å². The summed E-state index contributed by atoms with van der Waals surface area (Å²) < 4.78 is 93.1. The van der Waals surface area contributed by atoms with E-state index in [0.717, 1.165) is 0 Å². The summed E-state index contributed by atoms with van der Waals surface area (Å²) in [4.78, 5) is 110. The van der Waals surface area contributed by atoms with E-state index in [1.807, 2.05) is 0 Å². The fourth-order valence-electron chi connectivity index (χ4n) is 2.79. The molecule has 216 valence electrons. The van der Waals surface area contributed by atoms with Crippen molar-refractivity contribution >= 4 is 46.9 Å². The van der Waals surface area contributed by atoms with Crippen molar-refractivity contribution in [1.29, 1.82) is 0 Å². The average Bonchev–Trinajstić information content (AvgIpc) is 2.51. The first-order chi connectivity index (χ1) is 15.6. The molecule has 1 fully saturated rings. The zero-order valence-electron chi connectivity index (χ0n) is 16.4. The standard InChI is InChI=1S/C6H18O24P6/c7-31(8,9)25-1-2(26-32(10,11)12)4(28-34(16,17)18)6(30-36(22,23)24)5(29-35(19,20)21)3(1)27-33(13,14)15/h1-6H,(H2,7,8,9)(H2,10,11,12)(H2,13,14,15)(H2,16,17,18)(H2,19,20,21)(H2,22,23,24)/t1-,2-,3-,4-,5-,6-. The quantitative estimate of drug-likeness (QED) is 0.0920. The summed E-state index contributed by atoms with van der Waals surface area (Å²) in [5.74, 6) is 0. The first-order valence-electron chi connectivity index (χ1n) is 8.01. The molecular weight excluding hydrogens is 642 g/mol. The first-order valence-corrected chi connectivity index (χ1v) is 17.2. The van der Waals surface area contributed by atoms with E-state index >= 15 is 0 Å². The van der Waals surface area contributed by atoms with Gasteiger partial charge in [-0.3, -0.25) is 27.1 Å². The van der Waals surface area contributed by atoms with E-state index in [0.29, 0.717) is 0 Å². The molecule has 30 heteroatoms.